The average Bonchev–Trinajstić information content (AvgIpc) is 2.70. The Bertz CT molecular complexity index is 918. The van der Waals surface area contributed by atoms with Crippen LogP contribution in [-0.2, 0) is 0 Å². The van der Waals surface area contributed by atoms with Crippen molar-refractivity contribution in [1.29, 1.82) is 10.5 Å². The number of anilines is 1. The second kappa shape index (κ2) is 10.8. The maximum atomic E-state index is 12.0. The Morgan fingerprint density at radius 3 is 2.18 bits per heavy atom. The van der Waals surface area contributed by atoms with E-state index in [9.17, 15) is 15.3 Å². The minimum absolute atomic E-state index is 0.0410. The molecule has 0 bridgehead atoms. The van der Waals surface area contributed by atoms with Crippen LogP contribution in [0, 0.1) is 22.7 Å². The van der Waals surface area contributed by atoms with Crippen molar-refractivity contribution in [2.75, 3.05) is 12.3 Å². The Hall–Kier alpha value is -3.25. The monoisotopic (exact) mass is 378 g/mol. The molecule has 0 aliphatic rings. The Morgan fingerprint density at radius 2 is 1.57 bits per heavy atom. The van der Waals surface area contributed by atoms with Crippen molar-refractivity contribution in [2.45, 2.75) is 51.9 Å². The van der Waals surface area contributed by atoms with Crippen molar-refractivity contribution in [1.82, 2.24) is 4.98 Å². The van der Waals surface area contributed by atoms with Crippen LogP contribution < -0.4 is 16.0 Å². The van der Waals surface area contributed by atoms with Crippen LogP contribution in [0.15, 0.2) is 29.1 Å². The molecular formula is C22H26N4O2. The third-order valence-corrected chi connectivity index (χ3v) is 4.63. The number of hydrogen-bond acceptors (Lipinski definition) is 5. The molecule has 0 saturated heterocycles. The van der Waals surface area contributed by atoms with Crippen molar-refractivity contribution >= 4 is 5.82 Å². The molecule has 0 aliphatic carbocycles. The van der Waals surface area contributed by atoms with Crippen LogP contribution in [0.25, 0.3) is 11.1 Å². The van der Waals surface area contributed by atoms with Crippen molar-refractivity contribution in [3.8, 4) is 29.0 Å². The van der Waals surface area contributed by atoms with Gasteiger partial charge in [0.1, 0.15) is 34.8 Å². The van der Waals surface area contributed by atoms with E-state index in [2.05, 4.69) is 11.9 Å². The number of aromatic nitrogens is 1. The quantitative estimate of drug-likeness (QED) is 0.591. The summed E-state index contributed by atoms with van der Waals surface area (Å²) in [5.41, 5.74) is 5.94. The molecule has 28 heavy (non-hydrogen) atoms. The number of H-pyrrole nitrogens is 1. The maximum Gasteiger partial charge on any atom is 0.268 e. The summed E-state index contributed by atoms with van der Waals surface area (Å²) in [6.07, 6.45) is 8.56. The fraction of sp³-hybridized carbons (Fsp3) is 0.409. The van der Waals surface area contributed by atoms with Crippen molar-refractivity contribution < 1.29 is 4.74 Å². The topological polar surface area (TPSA) is 116 Å². The highest BCUT2D eigenvalue weighted by atomic mass is 16.5. The van der Waals surface area contributed by atoms with Gasteiger partial charge in [-0.3, -0.25) is 4.79 Å². The number of unbranched alkanes of at least 4 members (excludes halogenated alkanes) is 6. The van der Waals surface area contributed by atoms with E-state index in [1.165, 1.54) is 32.1 Å². The van der Waals surface area contributed by atoms with Gasteiger partial charge in [-0.05, 0) is 24.1 Å². The fourth-order valence-corrected chi connectivity index (χ4v) is 3.10. The fourth-order valence-electron chi connectivity index (χ4n) is 3.10. The predicted octanol–water partition coefficient (Wildman–Crippen LogP) is 4.50. The zero-order valence-electron chi connectivity index (χ0n) is 16.3. The molecule has 1 aromatic heterocycles. The lowest BCUT2D eigenvalue weighted by Gasteiger charge is -2.10. The summed E-state index contributed by atoms with van der Waals surface area (Å²) < 4.78 is 5.76. The van der Waals surface area contributed by atoms with Gasteiger partial charge >= 0.3 is 0 Å². The van der Waals surface area contributed by atoms with Crippen LogP contribution in [0.1, 0.15) is 63.0 Å². The van der Waals surface area contributed by atoms with E-state index >= 15 is 0 Å². The van der Waals surface area contributed by atoms with E-state index in [4.69, 9.17) is 10.5 Å². The molecule has 0 atom stereocenters. The van der Waals surface area contributed by atoms with Gasteiger partial charge in [0.25, 0.3) is 5.56 Å². The number of benzene rings is 1. The lowest BCUT2D eigenvalue weighted by atomic mass is 9.96. The van der Waals surface area contributed by atoms with E-state index in [0.29, 0.717) is 17.9 Å². The van der Waals surface area contributed by atoms with Gasteiger partial charge in [0.05, 0.1) is 6.61 Å². The first-order chi connectivity index (χ1) is 13.6. The molecule has 0 amide bonds. The van der Waals surface area contributed by atoms with Crippen LogP contribution >= 0.6 is 0 Å². The third-order valence-electron chi connectivity index (χ3n) is 4.63. The van der Waals surface area contributed by atoms with Gasteiger partial charge in [-0.2, -0.15) is 10.5 Å². The summed E-state index contributed by atoms with van der Waals surface area (Å²) in [7, 11) is 0. The van der Waals surface area contributed by atoms with Gasteiger partial charge in [0.2, 0.25) is 0 Å². The Morgan fingerprint density at radius 1 is 0.964 bits per heavy atom. The molecule has 2 aromatic rings. The lowest BCUT2D eigenvalue weighted by Crippen LogP contribution is -2.16. The first kappa shape index (κ1) is 21.1. The summed E-state index contributed by atoms with van der Waals surface area (Å²) in [6, 6.07) is 10.8. The maximum absolute atomic E-state index is 12.0. The zero-order chi connectivity index (χ0) is 20.4. The largest absolute Gasteiger partial charge is 0.494 e. The number of nitriles is 2. The minimum atomic E-state index is -0.603. The second-order valence-corrected chi connectivity index (χ2v) is 6.71. The molecule has 2 rings (SSSR count). The number of rotatable bonds is 10. The normalized spacial score (nSPS) is 10.2. The molecule has 0 spiro atoms. The van der Waals surface area contributed by atoms with Gasteiger partial charge in [0.15, 0.2) is 0 Å². The molecule has 6 heteroatoms. The van der Waals surface area contributed by atoms with E-state index < -0.39 is 5.56 Å². The summed E-state index contributed by atoms with van der Waals surface area (Å²) >= 11 is 0. The molecule has 0 saturated carbocycles. The van der Waals surface area contributed by atoms with Crippen LogP contribution in [-0.4, -0.2) is 11.6 Å². The number of nitrogens with two attached hydrogens (primary N) is 1. The van der Waals surface area contributed by atoms with E-state index in [1.807, 2.05) is 12.1 Å². The van der Waals surface area contributed by atoms with Crippen molar-refractivity contribution in [3.05, 3.63) is 45.7 Å². The average molecular weight is 378 g/mol. The smallest absolute Gasteiger partial charge is 0.268 e. The summed E-state index contributed by atoms with van der Waals surface area (Å²) in [5, 5.41) is 18.7. The van der Waals surface area contributed by atoms with Gasteiger partial charge in [-0.25, -0.2) is 0 Å². The summed E-state index contributed by atoms with van der Waals surface area (Å²) in [4.78, 5) is 14.3. The third kappa shape index (κ3) is 5.37. The number of pyridine rings is 1. The molecule has 0 radical (unpaired) electrons. The first-order valence-electron chi connectivity index (χ1n) is 9.71. The SMILES string of the molecule is CCCCCCCCCOc1ccc(-c2c(C#N)c(N)[nH]c(=O)c2C#N)cc1. The molecule has 0 fully saturated rings. The van der Waals surface area contributed by atoms with Gasteiger partial charge in [-0.1, -0.05) is 57.6 Å². The molecule has 0 unspecified atom stereocenters. The van der Waals surface area contributed by atoms with Crippen molar-refractivity contribution in [2.24, 2.45) is 0 Å². The first-order valence-corrected chi connectivity index (χ1v) is 9.71. The highest BCUT2D eigenvalue weighted by Crippen LogP contribution is 2.29. The predicted molar refractivity (Wildman–Crippen MR) is 110 cm³/mol. The lowest BCUT2D eigenvalue weighted by molar-refractivity contribution is 0.304. The van der Waals surface area contributed by atoms with Crippen LogP contribution in [0.3, 0.4) is 0 Å². The summed E-state index contributed by atoms with van der Waals surface area (Å²) in [6.45, 7) is 2.87. The Balaban J connectivity index is 2.01. The molecule has 3 N–H and O–H groups in total. The summed E-state index contributed by atoms with van der Waals surface area (Å²) in [5.74, 6) is 0.672. The Kier molecular flexibility index (Phi) is 8.11. The number of aromatic amines is 1. The molecular weight excluding hydrogens is 352 g/mol. The number of nitrogens with one attached hydrogen (secondary N) is 1. The molecule has 1 heterocycles. The molecule has 1 aromatic carbocycles. The highest BCUT2D eigenvalue weighted by molar-refractivity contribution is 5.80. The standard InChI is InChI=1S/C22H26N4O2/c1-2-3-4-5-6-7-8-13-28-17-11-9-16(10-12-17)20-18(14-23)21(25)26-22(27)19(20)15-24/h9-12H,2-8,13H2,1H3,(H3,25,26,27). The van der Waals surface area contributed by atoms with Crippen molar-refractivity contribution in [3.63, 3.8) is 0 Å². The molecule has 146 valence electrons. The van der Waals surface area contributed by atoms with Gasteiger partial charge < -0.3 is 15.5 Å². The van der Waals surface area contributed by atoms with E-state index in [0.717, 1.165) is 12.8 Å². The zero-order valence-corrected chi connectivity index (χ0v) is 16.3. The van der Waals surface area contributed by atoms with Crippen LogP contribution in [0.5, 0.6) is 5.75 Å². The van der Waals surface area contributed by atoms with E-state index in [-0.39, 0.29) is 22.5 Å². The number of ether oxygens (including phenoxy) is 1. The number of nitrogen functional groups attached to an aromatic ring is 1. The Labute approximate surface area is 165 Å². The van der Waals surface area contributed by atoms with E-state index in [1.54, 1.807) is 24.3 Å². The van der Waals surface area contributed by atoms with Crippen LogP contribution in [0.2, 0.25) is 0 Å². The molecule has 6 nitrogen and oxygen atoms in total. The minimum Gasteiger partial charge on any atom is -0.494 e. The second-order valence-electron chi connectivity index (χ2n) is 6.71. The van der Waals surface area contributed by atoms with Gasteiger partial charge in [0, 0.05) is 5.56 Å². The number of hydrogen-bond donors (Lipinski definition) is 2. The van der Waals surface area contributed by atoms with Crippen LogP contribution in [0.4, 0.5) is 5.82 Å². The number of nitrogens with zero attached hydrogens (tertiary/aromatic N) is 2. The molecule has 0 aliphatic heterocycles. The highest BCUT2D eigenvalue weighted by Gasteiger charge is 2.17. The van der Waals surface area contributed by atoms with Gasteiger partial charge in [-0.15, -0.1) is 0 Å².